The van der Waals surface area contributed by atoms with E-state index in [9.17, 15) is 9.18 Å². The van der Waals surface area contributed by atoms with E-state index in [1.807, 2.05) is 0 Å². The molecule has 1 aromatic heterocycles. The summed E-state index contributed by atoms with van der Waals surface area (Å²) in [5, 5.41) is 8.07. The lowest BCUT2D eigenvalue weighted by Gasteiger charge is -2.15. The van der Waals surface area contributed by atoms with Crippen LogP contribution in [-0.4, -0.2) is 46.8 Å². The van der Waals surface area contributed by atoms with Gasteiger partial charge in [0.05, 0.1) is 11.4 Å². The zero-order valence-corrected chi connectivity index (χ0v) is 16.7. The number of hydrogen-bond donors (Lipinski definition) is 1. The van der Waals surface area contributed by atoms with Crippen molar-refractivity contribution in [3.63, 3.8) is 0 Å². The van der Waals surface area contributed by atoms with Gasteiger partial charge in [-0.15, -0.1) is 0 Å². The van der Waals surface area contributed by atoms with Crippen molar-refractivity contribution in [2.24, 2.45) is 0 Å². The Hall–Kier alpha value is -2.70. The van der Waals surface area contributed by atoms with Crippen molar-refractivity contribution in [2.75, 3.05) is 26.2 Å². The van der Waals surface area contributed by atoms with Crippen LogP contribution in [0.4, 0.5) is 4.39 Å². The van der Waals surface area contributed by atoms with Crippen molar-refractivity contribution < 1.29 is 9.18 Å². The van der Waals surface area contributed by atoms with Gasteiger partial charge >= 0.3 is 0 Å². The van der Waals surface area contributed by atoms with E-state index in [1.165, 1.54) is 23.6 Å². The predicted octanol–water partition coefficient (Wildman–Crippen LogP) is 4.16. The van der Waals surface area contributed by atoms with Crippen LogP contribution in [-0.2, 0) is 0 Å². The Morgan fingerprint density at radius 3 is 2.55 bits per heavy atom. The van der Waals surface area contributed by atoms with E-state index in [0.717, 1.165) is 19.6 Å². The third-order valence-electron chi connectivity index (χ3n) is 5.08. The molecule has 150 valence electrons. The first kappa shape index (κ1) is 19.6. The van der Waals surface area contributed by atoms with Gasteiger partial charge in [0.15, 0.2) is 0 Å². The molecule has 2 aromatic carbocycles. The van der Waals surface area contributed by atoms with E-state index in [1.54, 1.807) is 48.5 Å². The smallest absolute Gasteiger partial charge is 0.270 e. The third kappa shape index (κ3) is 4.49. The molecule has 1 saturated heterocycles. The van der Waals surface area contributed by atoms with Crippen LogP contribution in [0.5, 0.6) is 0 Å². The summed E-state index contributed by atoms with van der Waals surface area (Å²) in [5.41, 5.74) is 1.79. The molecule has 0 spiro atoms. The van der Waals surface area contributed by atoms with E-state index < -0.39 is 0 Å². The number of hydrogen-bond acceptors (Lipinski definition) is 3. The lowest BCUT2D eigenvalue weighted by atomic mass is 10.1. The maximum atomic E-state index is 14.3. The molecule has 2 heterocycles. The van der Waals surface area contributed by atoms with Crippen LogP contribution in [0.2, 0.25) is 5.02 Å². The van der Waals surface area contributed by atoms with Gasteiger partial charge in [0, 0.05) is 23.7 Å². The fraction of sp³-hybridized carbons (Fsp3) is 0.273. The van der Waals surface area contributed by atoms with E-state index in [2.05, 4.69) is 15.3 Å². The van der Waals surface area contributed by atoms with Gasteiger partial charge in [-0.3, -0.25) is 4.79 Å². The minimum absolute atomic E-state index is 0.241. The Morgan fingerprint density at radius 1 is 1.10 bits per heavy atom. The number of nitrogens with one attached hydrogen (secondary N) is 1. The molecule has 0 unspecified atom stereocenters. The van der Waals surface area contributed by atoms with Crippen molar-refractivity contribution >= 4 is 17.5 Å². The Labute approximate surface area is 174 Å². The van der Waals surface area contributed by atoms with Crippen LogP contribution in [0.15, 0.2) is 54.6 Å². The molecule has 0 atom stereocenters. The largest absolute Gasteiger partial charge is 0.349 e. The van der Waals surface area contributed by atoms with E-state index >= 15 is 0 Å². The molecular weight excluding hydrogens is 391 g/mol. The minimum atomic E-state index is -0.380. The Balaban J connectivity index is 1.62. The summed E-state index contributed by atoms with van der Waals surface area (Å²) in [7, 11) is 0. The second-order valence-electron chi connectivity index (χ2n) is 7.09. The molecule has 1 N–H and O–H groups in total. The first-order chi connectivity index (χ1) is 14.1. The second-order valence-corrected chi connectivity index (χ2v) is 7.52. The second kappa shape index (κ2) is 8.76. The Morgan fingerprint density at radius 2 is 1.83 bits per heavy atom. The summed E-state index contributed by atoms with van der Waals surface area (Å²) in [6, 6.07) is 15.1. The molecule has 0 radical (unpaired) electrons. The van der Waals surface area contributed by atoms with Gasteiger partial charge in [-0.1, -0.05) is 23.7 Å². The van der Waals surface area contributed by atoms with Crippen molar-refractivity contribution in [2.45, 2.75) is 12.8 Å². The fourth-order valence-corrected chi connectivity index (χ4v) is 3.67. The summed E-state index contributed by atoms with van der Waals surface area (Å²) in [5.74, 6) is -0.622. The summed E-state index contributed by atoms with van der Waals surface area (Å²) < 4.78 is 15.8. The van der Waals surface area contributed by atoms with Gasteiger partial charge in [-0.25, -0.2) is 9.07 Å². The molecule has 0 saturated carbocycles. The molecular formula is C22H22ClFN4O. The number of carbonyl (C=O) groups is 1. The molecule has 3 aromatic rings. The highest BCUT2D eigenvalue weighted by Gasteiger charge is 2.19. The Kier molecular flexibility index (Phi) is 5.92. The molecule has 1 aliphatic rings. The average Bonchev–Trinajstić information content (AvgIpc) is 3.39. The number of likely N-dealkylation sites (tertiary alicyclic amines) is 1. The van der Waals surface area contributed by atoms with Crippen LogP contribution < -0.4 is 5.32 Å². The molecule has 0 aliphatic carbocycles. The molecule has 0 bridgehead atoms. The highest BCUT2D eigenvalue weighted by atomic mass is 35.5. The monoisotopic (exact) mass is 412 g/mol. The first-order valence-corrected chi connectivity index (χ1v) is 10.1. The normalized spacial score (nSPS) is 14.3. The quantitative estimate of drug-likeness (QED) is 0.661. The van der Waals surface area contributed by atoms with Gasteiger partial charge in [-0.2, -0.15) is 5.10 Å². The van der Waals surface area contributed by atoms with Gasteiger partial charge < -0.3 is 10.2 Å². The molecule has 4 rings (SSSR count). The lowest BCUT2D eigenvalue weighted by molar-refractivity contribution is 0.0942. The molecule has 29 heavy (non-hydrogen) atoms. The van der Waals surface area contributed by atoms with Gasteiger partial charge in [-0.05, 0) is 68.4 Å². The van der Waals surface area contributed by atoms with Crippen molar-refractivity contribution in [3.8, 4) is 16.9 Å². The summed E-state index contributed by atoms with van der Waals surface area (Å²) in [4.78, 5) is 15.2. The molecule has 1 aliphatic heterocycles. The number of aromatic nitrogens is 2. The average molecular weight is 413 g/mol. The highest BCUT2D eigenvalue weighted by molar-refractivity contribution is 6.30. The molecule has 5 nitrogen and oxygen atoms in total. The van der Waals surface area contributed by atoms with E-state index in [-0.39, 0.29) is 11.7 Å². The van der Waals surface area contributed by atoms with Gasteiger partial charge in [0.25, 0.3) is 5.91 Å². The van der Waals surface area contributed by atoms with Crippen molar-refractivity contribution in [1.82, 2.24) is 20.0 Å². The fourth-order valence-electron chi connectivity index (χ4n) is 3.55. The van der Waals surface area contributed by atoms with Crippen LogP contribution in [0.25, 0.3) is 16.9 Å². The molecule has 7 heteroatoms. The Bertz CT molecular complexity index is 996. The summed E-state index contributed by atoms with van der Waals surface area (Å²) in [6.07, 6.45) is 2.42. The number of rotatable bonds is 6. The number of amides is 1. The summed E-state index contributed by atoms with van der Waals surface area (Å²) >= 11 is 5.99. The van der Waals surface area contributed by atoms with Gasteiger partial charge in [0.1, 0.15) is 11.5 Å². The van der Waals surface area contributed by atoms with Crippen LogP contribution in [0.1, 0.15) is 23.3 Å². The number of benzene rings is 2. The van der Waals surface area contributed by atoms with Gasteiger partial charge in [0.2, 0.25) is 0 Å². The number of carbonyl (C=O) groups excluding carboxylic acids is 1. The van der Waals surface area contributed by atoms with E-state index in [0.29, 0.717) is 34.2 Å². The maximum absolute atomic E-state index is 14.3. The SMILES string of the molecule is O=C(NCCN1CCCC1)c1cc(-c2ccccc2F)nn1-c1ccc(Cl)cc1. The first-order valence-electron chi connectivity index (χ1n) is 9.73. The topological polar surface area (TPSA) is 50.2 Å². The zero-order chi connectivity index (χ0) is 20.2. The standard InChI is InChI=1S/C22H22ClFN4O/c23-16-7-9-17(10-8-16)28-21(22(29)25-11-14-27-12-3-4-13-27)15-20(26-28)18-5-1-2-6-19(18)24/h1-2,5-10,15H,3-4,11-14H2,(H,25,29). The molecule has 1 amide bonds. The van der Waals surface area contributed by atoms with Crippen LogP contribution >= 0.6 is 11.6 Å². The predicted molar refractivity (Wildman–Crippen MR) is 112 cm³/mol. The maximum Gasteiger partial charge on any atom is 0.270 e. The van der Waals surface area contributed by atoms with Crippen molar-refractivity contribution in [1.29, 1.82) is 0 Å². The zero-order valence-electron chi connectivity index (χ0n) is 15.9. The van der Waals surface area contributed by atoms with Crippen LogP contribution in [0.3, 0.4) is 0 Å². The number of halogens is 2. The van der Waals surface area contributed by atoms with Crippen LogP contribution in [0, 0.1) is 5.82 Å². The van der Waals surface area contributed by atoms with E-state index in [4.69, 9.17) is 11.6 Å². The minimum Gasteiger partial charge on any atom is -0.349 e. The lowest BCUT2D eigenvalue weighted by Crippen LogP contribution is -2.34. The molecule has 1 fully saturated rings. The van der Waals surface area contributed by atoms with Crippen molar-refractivity contribution in [3.05, 3.63) is 71.1 Å². The third-order valence-corrected chi connectivity index (χ3v) is 5.33. The highest BCUT2D eigenvalue weighted by Crippen LogP contribution is 2.25. The number of nitrogens with zero attached hydrogens (tertiary/aromatic N) is 3. The summed E-state index contributed by atoms with van der Waals surface area (Å²) in [6.45, 7) is 3.53.